The molecule has 0 atom stereocenters. The molecule has 0 saturated carbocycles. The van der Waals surface area contributed by atoms with E-state index in [1.165, 1.54) is 12.1 Å². The number of esters is 1. The zero-order chi connectivity index (χ0) is 17.5. The number of aryl methyl sites for hydroxylation is 1. The van der Waals surface area contributed by atoms with E-state index in [0.29, 0.717) is 23.5 Å². The second kappa shape index (κ2) is 8.23. The number of carbonyl (C=O) groups excluding carboxylic acids is 1. The second-order valence-corrected chi connectivity index (χ2v) is 5.29. The fourth-order valence-corrected chi connectivity index (χ4v) is 2.43. The molecular weight excluding hydrogens is 330 g/mol. The third-order valence-corrected chi connectivity index (χ3v) is 3.66. The number of methoxy groups -OCH3 is 2. The Morgan fingerprint density at radius 1 is 1.17 bits per heavy atom. The lowest BCUT2D eigenvalue weighted by molar-refractivity contribution is -0.134. The van der Waals surface area contributed by atoms with Gasteiger partial charge in [-0.15, -0.1) is 0 Å². The number of halogens is 1. The second-order valence-electron chi connectivity index (χ2n) is 4.88. The first-order valence-corrected chi connectivity index (χ1v) is 7.57. The van der Waals surface area contributed by atoms with Crippen molar-refractivity contribution >= 4 is 17.6 Å². The molecule has 6 heteroatoms. The van der Waals surface area contributed by atoms with E-state index in [4.69, 9.17) is 31.1 Å². The molecule has 2 rings (SSSR count). The maximum atomic E-state index is 12.0. The lowest BCUT2D eigenvalue weighted by Gasteiger charge is -2.12. The fourth-order valence-electron chi connectivity index (χ4n) is 2.21. The molecule has 2 aromatic rings. The number of rotatable bonds is 6. The summed E-state index contributed by atoms with van der Waals surface area (Å²) in [4.78, 5) is 12.0. The molecule has 0 bridgehead atoms. The molecule has 0 radical (unpaired) electrons. The number of benzene rings is 2. The van der Waals surface area contributed by atoms with Gasteiger partial charge in [-0.2, -0.15) is 5.26 Å². The molecule has 0 saturated heterocycles. The maximum Gasteiger partial charge on any atom is 0.311 e. The molecule has 0 aliphatic carbocycles. The molecule has 5 nitrogen and oxygen atoms in total. The molecule has 0 fully saturated rings. The van der Waals surface area contributed by atoms with E-state index in [0.717, 1.165) is 5.56 Å². The maximum absolute atomic E-state index is 12.0. The minimum absolute atomic E-state index is 0.153. The van der Waals surface area contributed by atoms with Gasteiger partial charge in [-0.1, -0.05) is 23.7 Å². The van der Waals surface area contributed by atoms with Gasteiger partial charge in [0.1, 0.15) is 5.75 Å². The molecule has 0 amide bonds. The van der Waals surface area contributed by atoms with Crippen LogP contribution in [0.15, 0.2) is 36.4 Å². The van der Waals surface area contributed by atoms with Crippen LogP contribution in [0, 0.1) is 11.3 Å². The van der Waals surface area contributed by atoms with Crippen LogP contribution in [0.3, 0.4) is 0 Å². The Labute approximate surface area is 145 Å². The highest BCUT2D eigenvalue weighted by molar-refractivity contribution is 6.32. The van der Waals surface area contributed by atoms with Gasteiger partial charge >= 0.3 is 5.97 Å². The number of hydrogen-bond acceptors (Lipinski definition) is 5. The number of nitrogens with zero attached hydrogens (tertiary/aromatic N) is 1. The summed E-state index contributed by atoms with van der Waals surface area (Å²) in [5.74, 6) is 1.02. The van der Waals surface area contributed by atoms with Gasteiger partial charge < -0.3 is 14.2 Å². The average molecular weight is 346 g/mol. The molecule has 0 N–H and O–H groups in total. The minimum atomic E-state index is -0.425. The first-order chi connectivity index (χ1) is 11.6. The Kier molecular flexibility index (Phi) is 6.05. The van der Waals surface area contributed by atoms with Gasteiger partial charge in [-0.25, -0.2) is 0 Å². The van der Waals surface area contributed by atoms with Crippen LogP contribution < -0.4 is 14.2 Å². The molecule has 0 aliphatic heterocycles. The van der Waals surface area contributed by atoms with Crippen molar-refractivity contribution in [2.75, 3.05) is 14.2 Å². The lowest BCUT2D eigenvalue weighted by atomic mass is 10.1. The third kappa shape index (κ3) is 4.18. The van der Waals surface area contributed by atoms with E-state index in [2.05, 4.69) is 0 Å². The van der Waals surface area contributed by atoms with Gasteiger partial charge in [0.15, 0.2) is 11.5 Å². The Balaban J connectivity index is 2.03. The van der Waals surface area contributed by atoms with Crippen LogP contribution in [-0.4, -0.2) is 20.2 Å². The Hall–Kier alpha value is -2.71. The van der Waals surface area contributed by atoms with Gasteiger partial charge in [0.05, 0.1) is 37.3 Å². The van der Waals surface area contributed by atoms with Crippen molar-refractivity contribution in [2.24, 2.45) is 0 Å². The van der Waals surface area contributed by atoms with Gasteiger partial charge in [-0.05, 0) is 36.2 Å². The predicted octanol–water partition coefficient (Wildman–Crippen LogP) is 3.77. The number of nitriles is 1. The summed E-state index contributed by atoms with van der Waals surface area (Å²) >= 11 is 5.99. The Morgan fingerprint density at radius 3 is 2.58 bits per heavy atom. The van der Waals surface area contributed by atoms with Crippen molar-refractivity contribution in [1.82, 2.24) is 0 Å². The monoisotopic (exact) mass is 345 g/mol. The van der Waals surface area contributed by atoms with Gasteiger partial charge in [-0.3, -0.25) is 4.79 Å². The van der Waals surface area contributed by atoms with Crippen LogP contribution in [0.5, 0.6) is 17.2 Å². The highest BCUT2D eigenvalue weighted by Gasteiger charge is 2.13. The average Bonchev–Trinajstić information content (AvgIpc) is 2.61. The first kappa shape index (κ1) is 17.6. The van der Waals surface area contributed by atoms with E-state index in [9.17, 15) is 4.79 Å². The van der Waals surface area contributed by atoms with Crippen molar-refractivity contribution in [1.29, 1.82) is 5.26 Å². The molecule has 0 unspecified atom stereocenters. The molecule has 0 aromatic heterocycles. The van der Waals surface area contributed by atoms with E-state index in [1.807, 2.05) is 18.2 Å². The molecule has 2 aromatic carbocycles. The van der Waals surface area contributed by atoms with Crippen molar-refractivity contribution in [3.63, 3.8) is 0 Å². The molecular formula is C18H16ClNO4. The Morgan fingerprint density at radius 2 is 1.96 bits per heavy atom. The molecule has 0 spiro atoms. The van der Waals surface area contributed by atoms with E-state index >= 15 is 0 Å². The summed E-state index contributed by atoms with van der Waals surface area (Å²) in [7, 11) is 3.11. The van der Waals surface area contributed by atoms with E-state index in [-0.39, 0.29) is 17.2 Å². The van der Waals surface area contributed by atoms with Crippen LogP contribution in [0.2, 0.25) is 5.02 Å². The summed E-state index contributed by atoms with van der Waals surface area (Å²) < 4.78 is 15.8. The summed E-state index contributed by atoms with van der Waals surface area (Å²) in [6, 6.07) is 12.0. The topological polar surface area (TPSA) is 68.5 Å². The van der Waals surface area contributed by atoms with Gasteiger partial charge in [0.2, 0.25) is 0 Å². The van der Waals surface area contributed by atoms with Crippen LogP contribution in [0.4, 0.5) is 0 Å². The molecule has 124 valence electrons. The van der Waals surface area contributed by atoms with Crippen LogP contribution in [-0.2, 0) is 11.2 Å². The quantitative estimate of drug-likeness (QED) is 0.589. The van der Waals surface area contributed by atoms with Crippen molar-refractivity contribution in [3.8, 4) is 23.3 Å². The summed E-state index contributed by atoms with van der Waals surface area (Å²) in [5.41, 5.74) is 1.25. The van der Waals surface area contributed by atoms with Crippen LogP contribution in [0.1, 0.15) is 17.5 Å². The smallest absolute Gasteiger partial charge is 0.311 e. The Bertz CT molecular complexity index is 783. The molecule has 0 aliphatic rings. The predicted molar refractivity (Wildman–Crippen MR) is 89.7 cm³/mol. The molecule has 24 heavy (non-hydrogen) atoms. The van der Waals surface area contributed by atoms with E-state index < -0.39 is 5.97 Å². The minimum Gasteiger partial charge on any atom is -0.493 e. The number of ether oxygens (including phenoxy) is 3. The standard InChI is InChI=1S/C18H16ClNO4/c1-22-16-5-3-4-13(18(16)23-2)7-9-17(21)24-15-8-6-12(11-20)10-14(15)19/h3-6,8,10H,7,9H2,1-2H3. The highest BCUT2D eigenvalue weighted by atomic mass is 35.5. The van der Waals surface area contributed by atoms with Gasteiger partial charge in [0.25, 0.3) is 0 Å². The summed E-state index contributed by atoms with van der Waals surface area (Å²) in [5, 5.41) is 9.02. The normalized spacial score (nSPS) is 9.92. The molecule has 0 heterocycles. The van der Waals surface area contributed by atoms with Crippen LogP contribution in [0.25, 0.3) is 0 Å². The van der Waals surface area contributed by atoms with Crippen molar-refractivity contribution < 1.29 is 19.0 Å². The van der Waals surface area contributed by atoms with E-state index in [1.54, 1.807) is 26.4 Å². The summed E-state index contributed by atoms with van der Waals surface area (Å²) in [6.07, 6.45) is 0.590. The van der Waals surface area contributed by atoms with Crippen molar-refractivity contribution in [2.45, 2.75) is 12.8 Å². The number of carbonyl (C=O) groups is 1. The number of hydrogen-bond donors (Lipinski definition) is 0. The lowest BCUT2D eigenvalue weighted by Crippen LogP contribution is -2.10. The third-order valence-electron chi connectivity index (χ3n) is 3.37. The van der Waals surface area contributed by atoms with Crippen LogP contribution >= 0.6 is 11.6 Å². The zero-order valence-corrected chi connectivity index (χ0v) is 14.1. The largest absolute Gasteiger partial charge is 0.493 e. The van der Waals surface area contributed by atoms with Crippen molar-refractivity contribution in [3.05, 3.63) is 52.5 Å². The number of para-hydroxylation sites is 1. The van der Waals surface area contributed by atoms with Gasteiger partial charge in [0, 0.05) is 0 Å². The summed E-state index contributed by atoms with van der Waals surface area (Å²) in [6.45, 7) is 0. The first-order valence-electron chi connectivity index (χ1n) is 7.19. The zero-order valence-electron chi connectivity index (χ0n) is 13.3. The fraction of sp³-hybridized carbons (Fsp3) is 0.222. The SMILES string of the molecule is COc1cccc(CCC(=O)Oc2ccc(C#N)cc2Cl)c1OC. The highest BCUT2D eigenvalue weighted by Crippen LogP contribution is 2.31.